The summed E-state index contributed by atoms with van der Waals surface area (Å²) in [4.78, 5) is 12.9. The summed E-state index contributed by atoms with van der Waals surface area (Å²) in [5.41, 5.74) is 3.82. The van der Waals surface area contributed by atoms with Crippen molar-refractivity contribution in [2.45, 2.75) is 52.6 Å². The Hall–Kier alpha value is -3.09. The molecule has 2 aromatic heterocycles. The molecule has 0 bridgehead atoms. The molecule has 1 N–H and O–H groups in total. The molecule has 3 aromatic rings. The summed E-state index contributed by atoms with van der Waals surface area (Å²) in [7, 11) is 1.66. The van der Waals surface area contributed by atoms with Gasteiger partial charge in [0.25, 0.3) is 5.91 Å². The number of carbonyl (C=O) groups is 1. The van der Waals surface area contributed by atoms with E-state index in [2.05, 4.69) is 29.4 Å². The van der Waals surface area contributed by atoms with Crippen molar-refractivity contribution in [3.05, 3.63) is 59.7 Å². The number of rotatable bonds is 5. The molecule has 1 aromatic carbocycles. The third kappa shape index (κ3) is 3.84. The highest BCUT2D eigenvalue weighted by molar-refractivity contribution is 5.94. The zero-order valence-electron chi connectivity index (χ0n) is 18.2. The number of amides is 1. The van der Waals surface area contributed by atoms with Gasteiger partial charge in [-0.25, -0.2) is 4.68 Å². The fraction of sp³-hybridized carbons (Fsp3) is 0.435. The minimum absolute atomic E-state index is 0.0390. The lowest BCUT2D eigenvalue weighted by atomic mass is 9.74. The van der Waals surface area contributed by atoms with Gasteiger partial charge in [-0.3, -0.25) is 9.48 Å². The van der Waals surface area contributed by atoms with Crippen LogP contribution in [0.5, 0.6) is 5.75 Å². The van der Waals surface area contributed by atoms with E-state index in [1.54, 1.807) is 24.2 Å². The predicted octanol–water partition coefficient (Wildman–Crippen LogP) is 4.10. The van der Waals surface area contributed by atoms with E-state index >= 15 is 0 Å². The maximum absolute atomic E-state index is 12.9. The van der Waals surface area contributed by atoms with Crippen LogP contribution in [0.25, 0.3) is 5.69 Å². The molecule has 7 nitrogen and oxygen atoms in total. The number of methoxy groups -OCH3 is 1. The maximum Gasteiger partial charge on any atom is 0.254 e. The molecule has 1 aliphatic rings. The third-order valence-electron chi connectivity index (χ3n) is 5.69. The lowest BCUT2D eigenvalue weighted by Gasteiger charge is -2.36. The zero-order valence-corrected chi connectivity index (χ0v) is 18.2. The van der Waals surface area contributed by atoms with E-state index in [0.29, 0.717) is 5.56 Å². The van der Waals surface area contributed by atoms with Crippen LogP contribution in [0.1, 0.15) is 67.8 Å². The van der Waals surface area contributed by atoms with E-state index in [1.807, 2.05) is 49.0 Å². The smallest absolute Gasteiger partial charge is 0.254 e. The minimum Gasteiger partial charge on any atom is -0.497 e. The Balaban J connectivity index is 1.63. The maximum atomic E-state index is 12.9. The van der Waals surface area contributed by atoms with Crippen molar-refractivity contribution >= 4 is 5.91 Å². The molecule has 7 heteroatoms. The average molecular weight is 408 g/mol. The monoisotopic (exact) mass is 407 g/mol. The topological polar surface area (TPSA) is 74.0 Å². The summed E-state index contributed by atoms with van der Waals surface area (Å²) in [6.45, 7) is 8.55. The fourth-order valence-electron chi connectivity index (χ4n) is 4.10. The molecule has 0 aliphatic heterocycles. The van der Waals surface area contributed by atoms with Crippen LogP contribution in [0, 0.1) is 5.41 Å². The molecule has 0 saturated heterocycles. The predicted molar refractivity (Wildman–Crippen MR) is 115 cm³/mol. The number of nitrogens with zero attached hydrogens (tertiary/aromatic N) is 4. The van der Waals surface area contributed by atoms with Crippen molar-refractivity contribution in [2.24, 2.45) is 5.41 Å². The number of carbonyl (C=O) groups excluding carboxylic acids is 1. The van der Waals surface area contributed by atoms with Crippen molar-refractivity contribution in [3.8, 4) is 11.4 Å². The van der Waals surface area contributed by atoms with Gasteiger partial charge in [-0.15, -0.1) is 0 Å². The first-order valence-corrected chi connectivity index (χ1v) is 10.3. The van der Waals surface area contributed by atoms with Gasteiger partial charge in [0.15, 0.2) is 0 Å². The van der Waals surface area contributed by atoms with Crippen LogP contribution < -0.4 is 10.1 Å². The Bertz CT molecular complexity index is 1050. The number of nitrogens with one attached hydrogen (secondary N) is 1. The van der Waals surface area contributed by atoms with Gasteiger partial charge in [-0.05, 0) is 56.4 Å². The van der Waals surface area contributed by atoms with E-state index < -0.39 is 0 Å². The highest BCUT2D eigenvalue weighted by Gasteiger charge is 2.36. The van der Waals surface area contributed by atoms with Gasteiger partial charge in [-0.2, -0.15) is 10.2 Å². The Morgan fingerprint density at radius 3 is 2.57 bits per heavy atom. The fourth-order valence-corrected chi connectivity index (χ4v) is 4.10. The van der Waals surface area contributed by atoms with Gasteiger partial charge >= 0.3 is 0 Å². The summed E-state index contributed by atoms with van der Waals surface area (Å²) in [5.74, 6) is 0.708. The van der Waals surface area contributed by atoms with Crippen LogP contribution in [0.2, 0.25) is 0 Å². The largest absolute Gasteiger partial charge is 0.497 e. The number of benzene rings is 1. The zero-order chi connectivity index (χ0) is 21.5. The van der Waals surface area contributed by atoms with Crippen molar-refractivity contribution in [1.82, 2.24) is 24.9 Å². The number of ether oxygens (including phenoxy) is 1. The van der Waals surface area contributed by atoms with Crippen LogP contribution in [0.3, 0.4) is 0 Å². The molecule has 1 amide bonds. The van der Waals surface area contributed by atoms with E-state index in [1.165, 1.54) is 0 Å². The molecular formula is C23H29N5O2. The van der Waals surface area contributed by atoms with Crippen molar-refractivity contribution in [2.75, 3.05) is 7.11 Å². The molecule has 1 atom stereocenters. The van der Waals surface area contributed by atoms with E-state index in [0.717, 1.165) is 35.5 Å². The number of hydrogen-bond donors (Lipinski definition) is 1. The Morgan fingerprint density at radius 1 is 1.20 bits per heavy atom. The average Bonchev–Trinajstić information content (AvgIpc) is 3.35. The summed E-state index contributed by atoms with van der Waals surface area (Å²) < 4.78 is 9.04. The lowest BCUT2D eigenvalue weighted by Crippen LogP contribution is -2.36. The van der Waals surface area contributed by atoms with E-state index in [-0.39, 0.29) is 23.4 Å². The van der Waals surface area contributed by atoms with Gasteiger partial charge in [0.05, 0.1) is 42.5 Å². The Labute approximate surface area is 177 Å². The molecule has 4 rings (SSSR count). The molecule has 0 fully saturated rings. The van der Waals surface area contributed by atoms with Crippen LogP contribution in [-0.2, 0) is 6.42 Å². The number of fused-ring (bicyclic) bond motifs is 1. The molecule has 0 radical (unpaired) electrons. The minimum atomic E-state index is -0.104. The first-order valence-electron chi connectivity index (χ1n) is 10.3. The SMILES string of the molecule is COc1ccc(-n2ncc3c2CC(C)(C)CC3NC(=O)c2cnn(C(C)C)c2)cc1. The van der Waals surface area contributed by atoms with E-state index in [4.69, 9.17) is 4.74 Å². The highest BCUT2D eigenvalue weighted by atomic mass is 16.5. The molecule has 30 heavy (non-hydrogen) atoms. The van der Waals surface area contributed by atoms with Crippen molar-refractivity contribution < 1.29 is 9.53 Å². The Kier molecular flexibility index (Phi) is 5.13. The van der Waals surface area contributed by atoms with Crippen molar-refractivity contribution in [1.29, 1.82) is 0 Å². The molecule has 2 heterocycles. The van der Waals surface area contributed by atoms with Crippen LogP contribution in [-0.4, -0.2) is 32.6 Å². The lowest BCUT2D eigenvalue weighted by molar-refractivity contribution is 0.0919. The second kappa shape index (κ2) is 7.63. The molecule has 158 valence electrons. The van der Waals surface area contributed by atoms with E-state index in [9.17, 15) is 4.79 Å². The molecular weight excluding hydrogens is 378 g/mol. The molecule has 1 unspecified atom stereocenters. The molecule has 1 aliphatic carbocycles. The van der Waals surface area contributed by atoms with Gasteiger partial charge < -0.3 is 10.1 Å². The second-order valence-electron chi connectivity index (χ2n) is 9.03. The van der Waals surface area contributed by atoms with Crippen LogP contribution in [0.4, 0.5) is 0 Å². The van der Waals surface area contributed by atoms with Gasteiger partial charge in [0.2, 0.25) is 0 Å². The summed E-state index contributed by atoms with van der Waals surface area (Å²) in [6.07, 6.45) is 7.07. The second-order valence-corrected chi connectivity index (χ2v) is 9.03. The summed E-state index contributed by atoms with van der Waals surface area (Å²) in [5, 5.41) is 12.2. The first kappa shape index (κ1) is 20.2. The number of hydrogen-bond acceptors (Lipinski definition) is 4. The summed E-state index contributed by atoms with van der Waals surface area (Å²) in [6, 6.07) is 8.00. The van der Waals surface area contributed by atoms with Crippen LogP contribution >= 0.6 is 0 Å². The quantitative estimate of drug-likeness (QED) is 0.691. The molecule has 0 spiro atoms. The normalized spacial score (nSPS) is 17.6. The third-order valence-corrected chi connectivity index (χ3v) is 5.69. The van der Waals surface area contributed by atoms with Gasteiger partial charge in [0.1, 0.15) is 5.75 Å². The standard InChI is InChI=1S/C23H29N5O2/c1-15(2)27-14-16(12-24-27)22(29)26-20-10-23(3,4)11-21-19(20)13-25-28(21)17-6-8-18(30-5)9-7-17/h6-9,12-15,20H,10-11H2,1-5H3,(H,26,29). The van der Waals surface area contributed by atoms with Gasteiger partial charge in [0, 0.05) is 17.8 Å². The first-order chi connectivity index (χ1) is 14.3. The van der Waals surface area contributed by atoms with Crippen LogP contribution in [0.15, 0.2) is 42.9 Å². The summed E-state index contributed by atoms with van der Waals surface area (Å²) >= 11 is 0. The van der Waals surface area contributed by atoms with Crippen molar-refractivity contribution in [3.63, 3.8) is 0 Å². The Morgan fingerprint density at radius 2 is 1.93 bits per heavy atom. The number of aromatic nitrogens is 4. The molecule has 0 saturated carbocycles. The van der Waals surface area contributed by atoms with Gasteiger partial charge in [-0.1, -0.05) is 13.8 Å². The highest BCUT2D eigenvalue weighted by Crippen LogP contribution is 2.41.